The molecule has 8 heavy (non-hydrogen) atoms. The lowest BCUT2D eigenvalue weighted by Crippen LogP contribution is -2.16. The van der Waals surface area contributed by atoms with Crippen LogP contribution in [-0.2, 0) is 4.79 Å². The summed E-state index contributed by atoms with van der Waals surface area (Å²) in [6.07, 6.45) is 0.274. The van der Waals surface area contributed by atoms with E-state index in [1.807, 2.05) is 0 Å². The Morgan fingerprint density at radius 2 is 2.38 bits per heavy atom. The molecule has 1 amide bonds. The van der Waals surface area contributed by atoms with Crippen molar-refractivity contribution in [2.45, 2.75) is 13.3 Å². The molecule has 0 aliphatic rings. The van der Waals surface area contributed by atoms with Crippen molar-refractivity contribution in [3.8, 4) is 0 Å². The quantitative estimate of drug-likeness (QED) is 0.523. The summed E-state index contributed by atoms with van der Waals surface area (Å²) in [4.78, 5) is 10.1. The van der Waals surface area contributed by atoms with Gasteiger partial charge in [0, 0.05) is 13.0 Å². The molecular formula is C5H11NO2. The molecule has 0 aliphatic carbocycles. The standard InChI is InChI=1S/C5H11NO2/c1-4(3-7)2-5(6)8/h4,7H,2-3H2,1H3,(H2,6,8)/t4-/m1/s1. The van der Waals surface area contributed by atoms with Gasteiger partial charge in [-0.3, -0.25) is 4.79 Å². The highest BCUT2D eigenvalue weighted by Gasteiger charge is 2.02. The van der Waals surface area contributed by atoms with Gasteiger partial charge in [0.2, 0.25) is 5.91 Å². The number of carbonyl (C=O) groups is 1. The lowest BCUT2D eigenvalue weighted by molar-refractivity contribution is -0.119. The Bertz CT molecular complexity index is 82.5. The molecule has 3 heteroatoms. The third-order valence-corrected chi connectivity index (χ3v) is 0.861. The number of hydrogen-bond donors (Lipinski definition) is 2. The zero-order valence-corrected chi connectivity index (χ0v) is 4.92. The molecular weight excluding hydrogens is 106 g/mol. The predicted octanol–water partition coefficient (Wildman–Crippen LogP) is -0.510. The second-order valence-corrected chi connectivity index (χ2v) is 1.96. The molecule has 0 aromatic heterocycles. The van der Waals surface area contributed by atoms with Crippen LogP contribution in [0.4, 0.5) is 0 Å². The van der Waals surface area contributed by atoms with Gasteiger partial charge < -0.3 is 10.8 Å². The number of rotatable bonds is 3. The van der Waals surface area contributed by atoms with Crippen LogP contribution in [-0.4, -0.2) is 17.6 Å². The van der Waals surface area contributed by atoms with Gasteiger partial charge in [0.1, 0.15) is 0 Å². The molecule has 0 fully saturated rings. The lowest BCUT2D eigenvalue weighted by atomic mass is 10.1. The maximum Gasteiger partial charge on any atom is 0.217 e. The number of aliphatic hydroxyl groups excluding tert-OH is 1. The van der Waals surface area contributed by atoms with Crippen LogP contribution in [0.2, 0.25) is 0 Å². The molecule has 0 spiro atoms. The van der Waals surface area contributed by atoms with Gasteiger partial charge in [0.05, 0.1) is 0 Å². The molecule has 0 aromatic carbocycles. The van der Waals surface area contributed by atoms with E-state index in [-0.39, 0.29) is 24.9 Å². The van der Waals surface area contributed by atoms with Crippen molar-refractivity contribution >= 4 is 5.91 Å². The Balaban J connectivity index is 3.24. The largest absolute Gasteiger partial charge is 0.396 e. The van der Waals surface area contributed by atoms with Gasteiger partial charge in [-0.2, -0.15) is 0 Å². The molecule has 0 radical (unpaired) electrons. The maximum atomic E-state index is 10.1. The molecule has 1 atom stereocenters. The SMILES string of the molecule is C[C@@H](CO)CC(N)=O. The molecule has 0 heterocycles. The van der Waals surface area contributed by atoms with E-state index in [4.69, 9.17) is 10.8 Å². The average molecular weight is 117 g/mol. The normalized spacial score (nSPS) is 13.2. The molecule has 3 N–H and O–H groups in total. The minimum atomic E-state index is -0.355. The van der Waals surface area contributed by atoms with Crippen LogP contribution in [0.1, 0.15) is 13.3 Å². The smallest absolute Gasteiger partial charge is 0.217 e. The van der Waals surface area contributed by atoms with Gasteiger partial charge in [0.15, 0.2) is 0 Å². The summed E-state index contributed by atoms with van der Waals surface area (Å²) >= 11 is 0. The van der Waals surface area contributed by atoms with Crippen LogP contribution in [0.3, 0.4) is 0 Å². The number of aliphatic hydroxyl groups is 1. The van der Waals surface area contributed by atoms with E-state index in [0.717, 1.165) is 0 Å². The lowest BCUT2D eigenvalue weighted by Gasteiger charge is -2.00. The Morgan fingerprint density at radius 3 is 2.50 bits per heavy atom. The van der Waals surface area contributed by atoms with E-state index in [2.05, 4.69) is 0 Å². The first-order valence-corrected chi connectivity index (χ1v) is 2.56. The van der Waals surface area contributed by atoms with Crippen molar-refractivity contribution in [3.63, 3.8) is 0 Å². The molecule has 0 bridgehead atoms. The minimum Gasteiger partial charge on any atom is -0.396 e. The summed E-state index contributed by atoms with van der Waals surface area (Å²) in [5, 5.41) is 8.38. The van der Waals surface area contributed by atoms with Crippen molar-refractivity contribution < 1.29 is 9.90 Å². The van der Waals surface area contributed by atoms with Crippen LogP contribution >= 0.6 is 0 Å². The predicted molar refractivity (Wildman–Crippen MR) is 30.1 cm³/mol. The first kappa shape index (κ1) is 7.43. The van der Waals surface area contributed by atoms with E-state index in [1.54, 1.807) is 6.92 Å². The van der Waals surface area contributed by atoms with Gasteiger partial charge in [-0.15, -0.1) is 0 Å². The van der Waals surface area contributed by atoms with Gasteiger partial charge in [-0.25, -0.2) is 0 Å². The topological polar surface area (TPSA) is 63.3 Å². The Labute approximate surface area is 48.5 Å². The summed E-state index contributed by atoms with van der Waals surface area (Å²) in [7, 11) is 0. The molecule has 3 nitrogen and oxygen atoms in total. The van der Waals surface area contributed by atoms with Crippen LogP contribution in [0.15, 0.2) is 0 Å². The molecule has 0 unspecified atom stereocenters. The third-order valence-electron chi connectivity index (χ3n) is 0.861. The number of nitrogens with two attached hydrogens (primary N) is 1. The van der Waals surface area contributed by atoms with Crippen molar-refractivity contribution in [2.24, 2.45) is 11.7 Å². The monoisotopic (exact) mass is 117 g/mol. The molecule has 0 rings (SSSR count). The van der Waals surface area contributed by atoms with Gasteiger partial charge in [0.25, 0.3) is 0 Å². The number of primary amides is 1. The van der Waals surface area contributed by atoms with Crippen LogP contribution in [0, 0.1) is 5.92 Å². The molecule has 0 aromatic rings. The van der Waals surface area contributed by atoms with Gasteiger partial charge in [-0.1, -0.05) is 6.92 Å². The summed E-state index contributed by atoms with van der Waals surface area (Å²) < 4.78 is 0. The fourth-order valence-corrected chi connectivity index (χ4v) is 0.408. The Morgan fingerprint density at radius 1 is 1.88 bits per heavy atom. The van der Waals surface area contributed by atoms with Gasteiger partial charge in [-0.05, 0) is 5.92 Å². The highest BCUT2D eigenvalue weighted by Crippen LogP contribution is 1.96. The van der Waals surface area contributed by atoms with E-state index >= 15 is 0 Å². The molecule has 48 valence electrons. The highest BCUT2D eigenvalue weighted by atomic mass is 16.3. The fraction of sp³-hybridized carbons (Fsp3) is 0.800. The Hall–Kier alpha value is -0.570. The van der Waals surface area contributed by atoms with E-state index in [9.17, 15) is 4.79 Å². The van der Waals surface area contributed by atoms with E-state index < -0.39 is 0 Å². The van der Waals surface area contributed by atoms with Crippen LogP contribution in [0.5, 0.6) is 0 Å². The number of amides is 1. The van der Waals surface area contributed by atoms with E-state index in [1.165, 1.54) is 0 Å². The first-order valence-electron chi connectivity index (χ1n) is 2.56. The number of carbonyl (C=O) groups excluding carboxylic acids is 1. The summed E-state index contributed by atoms with van der Waals surface area (Å²) in [6, 6.07) is 0. The fourth-order valence-electron chi connectivity index (χ4n) is 0.408. The number of hydrogen-bond acceptors (Lipinski definition) is 2. The van der Waals surface area contributed by atoms with Crippen molar-refractivity contribution in [1.82, 2.24) is 0 Å². The zero-order chi connectivity index (χ0) is 6.57. The molecule has 0 saturated heterocycles. The minimum absolute atomic E-state index is 0.00694. The van der Waals surface area contributed by atoms with Crippen molar-refractivity contribution in [2.75, 3.05) is 6.61 Å². The van der Waals surface area contributed by atoms with E-state index in [0.29, 0.717) is 0 Å². The third kappa shape index (κ3) is 3.61. The summed E-state index contributed by atoms with van der Waals surface area (Å²) in [6.45, 7) is 1.80. The summed E-state index contributed by atoms with van der Waals surface area (Å²) in [5.74, 6) is -0.348. The van der Waals surface area contributed by atoms with Crippen LogP contribution < -0.4 is 5.73 Å². The second-order valence-electron chi connectivity index (χ2n) is 1.96. The highest BCUT2D eigenvalue weighted by molar-refractivity contribution is 5.73. The summed E-state index contributed by atoms with van der Waals surface area (Å²) in [5.41, 5.74) is 4.82. The van der Waals surface area contributed by atoms with Crippen molar-refractivity contribution in [3.05, 3.63) is 0 Å². The molecule has 0 saturated carbocycles. The van der Waals surface area contributed by atoms with Gasteiger partial charge >= 0.3 is 0 Å². The first-order chi connectivity index (χ1) is 3.66. The maximum absolute atomic E-state index is 10.1. The Kier molecular flexibility index (Phi) is 3.19. The average Bonchev–Trinajstić information content (AvgIpc) is 1.65. The zero-order valence-electron chi connectivity index (χ0n) is 4.92. The van der Waals surface area contributed by atoms with Crippen LogP contribution in [0.25, 0.3) is 0 Å². The second kappa shape index (κ2) is 3.43. The molecule has 0 aliphatic heterocycles. The van der Waals surface area contributed by atoms with Crippen molar-refractivity contribution in [1.29, 1.82) is 0 Å².